The van der Waals surface area contributed by atoms with Crippen molar-refractivity contribution in [2.24, 2.45) is 5.92 Å². The first kappa shape index (κ1) is 31.4. The van der Waals surface area contributed by atoms with Crippen LogP contribution in [0.3, 0.4) is 0 Å². The van der Waals surface area contributed by atoms with Gasteiger partial charge in [0, 0.05) is 42.7 Å². The molecule has 2 aromatic rings. The van der Waals surface area contributed by atoms with Crippen molar-refractivity contribution in [1.29, 1.82) is 0 Å². The second-order valence-corrected chi connectivity index (χ2v) is 13.2. The maximum atomic E-state index is 14.1. The number of hydrogen-bond acceptors (Lipinski definition) is 6. The normalized spacial score (nSPS) is 22.5. The van der Waals surface area contributed by atoms with Gasteiger partial charge in [-0.25, -0.2) is 0 Å². The van der Waals surface area contributed by atoms with Crippen molar-refractivity contribution in [3.63, 3.8) is 0 Å². The highest BCUT2D eigenvalue weighted by molar-refractivity contribution is 5.95. The molecular weight excluding hydrogens is 546 g/mol. The van der Waals surface area contributed by atoms with Crippen LogP contribution in [-0.4, -0.2) is 99.3 Å². The van der Waals surface area contributed by atoms with Crippen LogP contribution in [0.2, 0.25) is 0 Å². The molecule has 2 saturated heterocycles. The van der Waals surface area contributed by atoms with E-state index in [4.69, 9.17) is 14.2 Å². The Morgan fingerprint density at radius 1 is 1.05 bits per heavy atom. The average molecular weight is 595 g/mol. The maximum Gasteiger partial charge on any atom is 0.308 e. The van der Waals surface area contributed by atoms with Gasteiger partial charge in [0.1, 0.15) is 12.3 Å². The highest BCUT2D eigenvalue weighted by atomic mass is 16.7. The van der Waals surface area contributed by atoms with Gasteiger partial charge in [-0.2, -0.15) is 0 Å². The van der Waals surface area contributed by atoms with Gasteiger partial charge in [0.25, 0.3) is 0 Å². The Morgan fingerprint density at radius 2 is 1.84 bits per heavy atom. The number of unbranched alkanes of at least 4 members (excludes halogenated alkanes) is 1. The average Bonchev–Trinajstić information content (AvgIpc) is 3.71. The number of likely N-dealkylation sites (tertiary alicyclic amines) is 1. The van der Waals surface area contributed by atoms with Gasteiger partial charge >= 0.3 is 5.97 Å². The lowest BCUT2D eigenvalue weighted by atomic mass is 9.83. The molecule has 2 aromatic carbocycles. The van der Waals surface area contributed by atoms with Crippen molar-refractivity contribution in [1.82, 2.24) is 4.90 Å². The minimum atomic E-state index is -0.828. The number of rotatable bonds is 13. The summed E-state index contributed by atoms with van der Waals surface area (Å²) in [5, 5.41) is 10.6. The molecule has 1 amide bonds. The van der Waals surface area contributed by atoms with Crippen LogP contribution < -0.4 is 9.64 Å². The highest BCUT2D eigenvalue weighted by Crippen LogP contribution is 2.42. The number of ether oxygens (including phenoxy) is 3. The molecule has 234 valence electrons. The number of carbonyl (C=O) groups is 2. The lowest BCUT2D eigenvalue weighted by Gasteiger charge is -2.30. The molecule has 43 heavy (non-hydrogen) atoms. The van der Waals surface area contributed by atoms with Crippen molar-refractivity contribution in [2.45, 2.75) is 63.8 Å². The molecular formula is C34H48N3O6+. The molecule has 2 fully saturated rings. The van der Waals surface area contributed by atoms with Crippen molar-refractivity contribution in [2.75, 3.05) is 65.5 Å². The summed E-state index contributed by atoms with van der Waals surface area (Å²) in [6.45, 7) is 6.04. The van der Waals surface area contributed by atoms with Crippen LogP contribution in [0.25, 0.3) is 0 Å². The van der Waals surface area contributed by atoms with E-state index in [0.717, 1.165) is 52.9 Å². The summed E-state index contributed by atoms with van der Waals surface area (Å²) in [6.07, 6.45) is 3.54. The molecule has 3 aliphatic heterocycles. The minimum Gasteiger partial charge on any atom is -0.493 e. The Kier molecular flexibility index (Phi) is 10.1. The quantitative estimate of drug-likeness (QED) is 0.347. The van der Waals surface area contributed by atoms with Gasteiger partial charge in [0.05, 0.1) is 53.4 Å². The van der Waals surface area contributed by atoms with Crippen LogP contribution in [0.4, 0.5) is 5.69 Å². The van der Waals surface area contributed by atoms with Gasteiger partial charge in [-0.05, 0) is 48.6 Å². The molecule has 3 heterocycles. The fraction of sp³-hybridized carbons (Fsp3) is 0.588. The number of fused-ring (bicyclic) bond motifs is 1. The summed E-state index contributed by atoms with van der Waals surface area (Å²) in [5.74, 6) is -0.825. The smallest absolute Gasteiger partial charge is 0.308 e. The SMILES string of the molecule is CCCCN(C(=O)CN1CC(c2ccc3c(c2)CCO3)C(C(=O)O)C1CCC1OCCO1)c1cccc(C[N+](C)(C)C)c1. The van der Waals surface area contributed by atoms with Crippen molar-refractivity contribution >= 4 is 17.6 Å². The molecule has 0 saturated carbocycles. The fourth-order valence-corrected chi connectivity index (χ4v) is 6.85. The zero-order valence-corrected chi connectivity index (χ0v) is 26.2. The van der Waals surface area contributed by atoms with Gasteiger partial charge in [-0.1, -0.05) is 37.6 Å². The Bertz CT molecular complexity index is 1270. The molecule has 0 radical (unpaired) electrons. The predicted octanol–water partition coefficient (Wildman–Crippen LogP) is 4.28. The standard InChI is InChI=1S/C34H47N3O6/c1-5-6-15-36(27-9-7-8-24(19-27)23-37(2,3)4)31(38)22-35-21-28(25-10-12-30-26(20-25)14-16-41-30)33(34(39)40)29(35)11-13-32-42-17-18-43-32/h7-10,12,19-20,28-29,32-33H,5-6,11,13-18,21-23H2,1-4H3/p+1. The summed E-state index contributed by atoms with van der Waals surface area (Å²) in [5.41, 5.74) is 4.21. The number of carbonyl (C=O) groups excluding carboxylic acids is 1. The molecule has 3 atom stereocenters. The number of quaternary nitrogens is 1. The topological polar surface area (TPSA) is 88.5 Å². The maximum absolute atomic E-state index is 14.1. The molecule has 0 aliphatic carbocycles. The van der Waals surface area contributed by atoms with Gasteiger partial charge in [0.15, 0.2) is 6.29 Å². The molecule has 3 unspecified atom stereocenters. The molecule has 3 aliphatic rings. The van der Waals surface area contributed by atoms with E-state index in [1.54, 1.807) is 0 Å². The Balaban J connectivity index is 1.41. The van der Waals surface area contributed by atoms with Crippen LogP contribution in [-0.2, 0) is 32.0 Å². The molecule has 1 N–H and O–H groups in total. The number of amides is 1. The second-order valence-electron chi connectivity index (χ2n) is 13.2. The van der Waals surface area contributed by atoms with Gasteiger partial charge in [0.2, 0.25) is 5.91 Å². The van der Waals surface area contributed by atoms with Crippen LogP contribution in [0.5, 0.6) is 5.75 Å². The molecule has 5 rings (SSSR count). The zero-order chi connectivity index (χ0) is 30.6. The van der Waals surface area contributed by atoms with E-state index in [9.17, 15) is 14.7 Å². The number of benzene rings is 2. The van der Waals surface area contributed by atoms with Crippen LogP contribution in [0, 0.1) is 5.92 Å². The molecule has 0 bridgehead atoms. The summed E-state index contributed by atoms with van der Waals surface area (Å²) >= 11 is 0. The van der Waals surface area contributed by atoms with E-state index in [2.05, 4.69) is 51.2 Å². The van der Waals surface area contributed by atoms with E-state index in [1.807, 2.05) is 29.2 Å². The lowest BCUT2D eigenvalue weighted by molar-refractivity contribution is -0.884. The summed E-state index contributed by atoms with van der Waals surface area (Å²) in [6, 6.07) is 14.0. The Morgan fingerprint density at radius 3 is 2.56 bits per heavy atom. The lowest BCUT2D eigenvalue weighted by Crippen LogP contribution is -2.45. The number of anilines is 1. The Hall–Kier alpha value is -2.98. The summed E-state index contributed by atoms with van der Waals surface area (Å²) in [7, 11) is 6.47. The Labute approximate surface area is 255 Å². The van der Waals surface area contributed by atoms with Gasteiger partial charge in [-0.3, -0.25) is 14.5 Å². The predicted molar refractivity (Wildman–Crippen MR) is 165 cm³/mol. The molecule has 0 spiro atoms. The van der Waals surface area contributed by atoms with E-state index in [0.29, 0.717) is 45.8 Å². The molecule has 9 nitrogen and oxygen atoms in total. The van der Waals surface area contributed by atoms with Crippen LogP contribution >= 0.6 is 0 Å². The number of carboxylic acids is 1. The molecule has 9 heteroatoms. The van der Waals surface area contributed by atoms with E-state index < -0.39 is 11.9 Å². The number of aliphatic carboxylic acids is 1. The van der Waals surface area contributed by atoms with Gasteiger partial charge < -0.3 is 28.7 Å². The summed E-state index contributed by atoms with van der Waals surface area (Å²) in [4.78, 5) is 31.1. The fourth-order valence-electron chi connectivity index (χ4n) is 6.85. The number of nitrogens with zero attached hydrogens (tertiary/aromatic N) is 3. The number of carboxylic acid groups (broad SMARTS) is 1. The van der Waals surface area contributed by atoms with Crippen molar-refractivity contribution < 1.29 is 33.4 Å². The zero-order valence-electron chi connectivity index (χ0n) is 26.2. The summed E-state index contributed by atoms with van der Waals surface area (Å²) < 4.78 is 17.9. The monoisotopic (exact) mass is 594 g/mol. The third-order valence-corrected chi connectivity index (χ3v) is 8.82. The number of hydrogen-bond donors (Lipinski definition) is 1. The largest absolute Gasteiger partial charge is 0.493 e. The first-order chi connectivity index (χ1) is 20.6. The van der Waals surface area contributed by atoms with E-state index in [-0.39, 0.29) is 30.7 Å². The van der Waals surface area contributed by atoms with Crippen LogP contribution in [0.15, 0.2) is 42.5 Å². The second kappa shape index (κ2) is 13.8. The first-order valence-electron chi connectivity index (χ1n) is 15.8. The van der Waals surface area contributed by atoms with Crippen molar-refractivity contribution in [3.05, 3.63) is 59.2 Å². The minimum absolute atomic E-state index is 0.00126. The highest BCUT2D eigenvalue weighted by Gasteiger charge is 2.47. The van der Waals surface area contributed by atoms with E-state index in [1.165, 1.54) is 5.56 Å². The third kappa shape index (κ3) is 7.76. The van der Waals surface area contributed by atoms with Crippen LogP contribution in [0.1, 0.15) is 55.2 Å². The molecule has 0 aromatic heterocycles. The van der Waals surface area contributed by atoms with Gasteiger partial charge in [-0.15, -0.1) is 0 Å². The first-order valence-corrected chi connectivity index (χ1v) is 15.8. The van der Waals surface area contributed by atoms with Crippen molar-refractivity contribution in [3.8, 4) is 5.75 Å². The van der Waals surface area contributed by atoms with E-state index >= 15 is 0 Å². The third-order valence-electron chi connectivity index (χ3n) is 8.82.